The molecule has 0 radical (unpaired) electrons. The van der Waals surface area contributed by atoms with E-state index in [9.17, 15) is 0 Å². The maximum atomic E-state index is 6.20. The molecule has 0 amide bonds. The first-order valence-corrected chi connectivity index (χ1v) is 7.91. The number of aryl methyl sites for hydroxylation is 1. The van der Waals surface area contributed by atoms with Gasteiger partial charge in [-0.15, -0.1) is 10.2 Å². The first-order valence-electron chi connectivity index (χ1n) is 7.54. The Morgan fingerprint density at radius 1 is 1.05 bits per heavy atom. The lowest BCUT2D eigenvalue weighted by Crippen LogP contribution is -2.09. The van der Waals surface area contributed by atoms with Crippen LogP contribution in [0.1, 0.15) is 55.5 Å². The van der Waals surface area contributed by atoms with Crippen molar-refractivity contribution in [2.75, 3.05) is 0 Å². The molecule has 3 rings (SSSR count). The van der Waals surface area contributed by atoms with Crippen molar-refractivity contribution in [1.29, 1.82) is 0 Å². The van der Waals surface area contributed by atoms with Crippen molar-refractivity contribution in [2.24, 2.45) is 5.92 Å². The Balaban J connectivity index is 1.92. The maximum Gasteiger partial charge on any atom is 0.181 e. The largest absolute Gasteiger partial charge is 0.196 e. The van der Waals surface area contributed by atoms with E-state index in [1.54, 1.807) is 0 Å². The maximum absolute atomic E-state index is 6.20. The van der Waals surface area contributed by atoms with Gasteiger partial charge in [-0.2, -0.15) is 9.61 Å². The first kappa shape index (κ1) is 13.8. The van der Waals surface area contributed by atoms with Crippen LogP contribution in [0.2, 0.25) is 5.15 Å². The molecule has 0 atom stereocenters. The molecule has 108 valence electrons. The number of hydrogen-bond donors (Lipinski definition) is 0. The third-order valence-electron chi connectivity index (χ3n) is 4.55. The first-order chi connectivity index (χ1) is 9.66. The van der Waals surface area contributed by atoms with Crippen molar-refractivity contribution in [3.8, 4) is 0 Å². The van der Waals surface area contributed by atoms with E-state index in [1.165, 1.54) is 38.5 Å². The van der Waals surface area contributed by atoms with Crippen LogP contribution < -0.4 is 0 Å². The van der Waals surface area contributed by atoms with Gasteiger partial charge in [0.05, 0.1) is 0 Å². The van der Waals surface area contributed by atoms with Gasteiger partial charge in [-0.3, -0.25) is 0 Å². The second kappa shape index (κ2) is 5.68. The van der Waals surface area contributed by atoms with Gasteiger partial charge < -0.3 is 0 Å². The van der Waals surface area contributed by atoms with E-state index in [-0.39, 0.29) is 0 Å². The van der Waals surface area contributed by atoms with Crippen LogP contribution >= 0.6 is 11.6 Å². The number of aromatic nitrogens is 4. The van der Waals surface area contributed by atoms with Crippen LogP contribution in [0, 0.1) is 19.8 Å². The second-order valence-electron chi connectivity index (χ2n) is 5.95. The van der Waals surface area contributed by atoms with Crippen LogP contribution in [0.15, 0.2) is 0 Å². The van der Waals surface area contributed by atoms with E-state index >= 15 is 0 Å². The highest BCUT2D eigenvalue weighted by molar-refractivity contribution is 6.30. The fraction of sp³-hybridized carbons (Fsp3) is 0.667. The number of fused-ring (bicyclic) bond motifs is 1. The normalized spacial score (nSPS) is 17.6. The molecule has 2 heterocycles. The molecule has 0 N–H and O–H groups in total. The number of halogens is 1. The average molecular weight is 293 g/mol. The van der Waals surface area contributed by atoms with Crippen molar-refractivity contribution in [1.82, 2.24) is 19.8 Å². The summed E-state index contributed by atoms with van der Waals surface area (Å²) in [5, 5.41) is 13.7. The summed E-state index contributed by atoms with van der Waals surface area (Å²) in [7, 11) is 0. The van der Waals surface area contributed by atoms with Gasteiger partial charge in [0.15, 0.2) is 16.6 Å². The van der Waals surface area contributed by atoms with Crippen molar-refractivity contribution in [2.45, 2.75) is 58.8 Å². The van der Waals surface area contributed by atoms with Crippen LogP contribution in [-0.2, 0) is 6.42 Å². The summed E-state index contributed by atoms with van der Waals surface area (Å²) in [6.45, 7) is 4.01. The molecule has 0 bridgehead atoms. The van der Waals surface area contributed by atoms with Crippen LogP contribution in [-0.4, -0.2) is 19.8 Å². The standard InChI is InChI=1S/C15H21ClN4/c1-10-11(2)15-18-17-13(20(15)19-14(10)16)9-12-7-5-3-4-6-8-12/h12H,3-9H2,1-2H3. The Labute approximate surface area is 124 Å². The predicted molar refractivity (Wildman–Crippen MR) is 80.2 cm³/mol. The van der Waals surface area contributed by atoms with Crippen molar-refractivity contribution in [3.63, 3.8) is 0 Å². The molecule has 0 aliphatic heterocycles. The van der Waals surface area contributed by atoms with Gasteiger partial charge in [-0.1, -0.05) is 50.1 Å². The lowest BCUT2D eigenvalue weighted by Gasteiger charge is -2.12. The molecule has 2 aromatic rings. The minimum absolute atomic E-state index is 0.553. The molecule has 1 aliphatic carbocycles. The van der Waals surface area contributed by atoms with Crippen molar-refractivity contribution >= 4 is 17.2 Å². The SMILES string of the molecule is Cc1c(Cl)nn2c(CC3CCCCCC3)nnc2c1C. The minimum Gasteiger partial charge on any atom is -0.196 e. The third kappa shape index (κ3) is 2.53. The van der Waals surface area contributed by atoms with Crippen molar-refractivity contribution < 1.29 is 0 Å². The zero-order valence-electron chi connectivity index (χ0n) is 12.2. The minimum atomic E-state index is 0.553. The molecule has 0 aromatic carbocycles. The Morgan fingerprint density at radius 2 is 1.75 bits per heavy atom. The number of nitrogens with zero attached hydrogens (tertiary/aromatic N) is 4. The van der Waals surface area contributed by atoms with Gasteiger partial charge >= 0.3 is 0 Å². The van der Waals surface area contributed by atoms with Crippen LogP contribution in [0.4, 0.5) is 0 Å². The molecule has 1 saturated carbocycles. The number of hydrogen-bond acceptors (Lipinski definition) is 3. The van der Waals surface area contributed by atoms with E-state index in [4.69, 9.17) is 11.6 Å². The Kier molecular flexibility index (Phi) is 3.92. The molecular weight excluding hydrogens is 272 g/mol. The summed E-state index contributed by atoms with van der Waals surface area (Å²) in [5.74, 6) is 1.67. The molecule has 0 saturated heterocycles. The summed E-state index contributed by atoms with van der Waals surface area (Å²) in [6, 6.07) is 0. The topological polar surface area (TPSA) is 43.1 Å². The van der Waals surface area contributed by atoms with Crippen LogP contribution in [0.3, 0.4) is 0 Å². The van der Waals surface area contributed by atoms with Gasteiger partial charge in [0.25, 0.3) is 0 Å². The Hall–Kier alpha value is -1.16. The van der Waals surface area contributed by atoms with Crippen LogP contribution in [0.5, 0.6) is 0 Å². The summed E-state index contributed by atoms with van der Waals surface area (Å²) in [6.07, 6.45) is 8.99. The summed E-state index contributed by atoms with van der Waals surface area (Å²) in [4.78, 5) is 0. The van der Waals surface area contributed by atoms with Gasteiger partial charge in [0, 0.05) is 12.0 Å². The number of rotatable bonds is 2. The van der Waals surface area contributed by atoms with Gasteiger partial charge in [-0.05, 0) is 25.3 Å². The monoisotopic (exact) mass is 292 g/mol. The summed E-state index contributed by atoms with van der Waals surface area (Å²) >= 11 is 6.20. The van der Waals surface area contributed by atoms with E-state index in [1.807, 2.05) is 18.4 Å². The van der Waals surface area contributed by atoms with E-state index in [2.05, 4.69) is 15.3 Å². The second-order valence-corrected chi connectivity index (χ2v) is 6.31. The van der Waals surface area contributed by atoms with Gasteiger partial charge in [0.2, 0.25) is 0 Å². The lowest BCUT2D eigenvalue weighted by atomic mass is 9.96. The Morgan fingerprint density at radius 3 is 2.45 bits per heavy atom. The highest BCUT2D eigenvalue weighted by Gasteiger charge is 2.18. The molecule has 1 aliphatic rings. The summed E-state index contributed by atoms with van der Waals surface area (Å²) < 4.78 is 1.84. The molecule has 5 heteroatoms. The highest BCUT2D eigenvalue weighted by atomic mass is 35.5. The molecule has 0 spiro atoms. The fourth-order valence-corrected chi connectivity index (χ4v) is 3.31. The zero-order chi connectivity index (χ0) is 14.1. The predicted octanol–water partition coefficient (Wildman–Crippen LogP) is 3.91. The van der Waals surface area contributed by atoms with E-state index in [0.717, 1.165) is 29.0 Å². The lowest BCUT2D eigenvalue weighted by molar-refractivity contribution is 0.444. The quantitative estimate of drug-likeness (QED) is 0.788. The molecule has 0 unspecified atom stereocenters. The van der Waals surface area contributed by atoms with Crippen molar-refractivity contribution in [3.05, 3.63) is 22.1 Å². The molecule has 1 fully saturated rings. The fourth-order valence-electron chi connectivity index (χ4n) is 3.09. The summed E-state index contributed by atoms with van der Waals surface area (Å²) in [5.41, 5.74) is 2.91. The van der Waals surface area contributed by atoms with E-state index in [0.29, 0.717) is 11.1 Å². The van der Waals surface area contributed by atoms with E-state index < -0.39 is 0 Å². The average Bonchev–Trinajstić information content (AvgIpc) is 2.66. The molecule has 4 nitrogen and oxygen atoms in total. The highest BCUT2D eigenvalue weighted by Crippen LogP contribution is 2.26. The van der Waals surface area contributed by atoms with Gasteiger partial charge in [-0.25, -0.2) is 0 Å². The molecule has 20 heavy (non-hydrogen) atoms. The Bertz CT molecular complexity index is 612. The zero-order valence-corrected chi connectivity index (χ0v) is 12.9. The molecule has 2 aromatic heterocycles. The molecular formula is C15H21ClN4. The van der Waals surface area contributed by atoms with Gasteiger partial charge in [0.1, 0.15) is 0 Å². The smallest absolute Gasteiger partial charge is 0.181 e. The third-order valence-corrected chi connectivity index (χ3v) is 4.91. The van der Waals surface area contributed by atoms with Crippen LogP contribution in [0.25, 0.3) is 5.65 Å².